The molecule has 0 aromatic carbocycles. The number of cyclic esters (lactones) is 1. The van der Waals surface area contributed by atoms with E-state index in [1.807, 2.05) is 6.08 Å². The first-order chi connectivity index (χ1) is 13.8. The Balaban J connectivity index is 2.32. The molecule has 4 nitrogen and oxygen atoms in total. The van der Waals surface area contributed by atoms with Crippen molar-refractivity contribution < 1.29 is 19.4 Å². The molecule has 0 radical (unpaired) electrons. The van der Waals surface area contributed by atoms with Gasteiger partial charge in [0.25, 0.3) is 0 Å². The van der Waals surface area contributed by atoms with Crippen LogP contribution in [0.4, 0.5) is 0 Å². The molecule has 1 aliphatic heterocycles. The van der Waals surface area contributed by atoms with E-state index in [2.05, 4.69) is 50.7 Å². The lowest BCUT2D eigenvalue weighted by Crippen LogP contribution is -2.09. The predicted octanol–water partition coefficient (Wildman–Crippen LogP) is 5.89. The Labute approximate surface area is 175 Å². The van der Waals surface area contributed by atoms with Gasteiger partial charge in [0.05, 0.1) is 0 Å². The topological polar surface area (TPSA) is 63.6 Å². The monoisotopic (exact) mass is 400 g/mol. The van der Waals surface area contributed by atoms with Crippen molar-refractivity contribution in [2.45, 2.75) is 85.4 Å². The summed E-state index contributed by atoms with van der Waals surface area (Å²) in [6.45, 7) is 8.60. The molecular weight excluding hydrogens is 364 g/mol. The number of ether oxygens (including phenoxy) is 1. The molecule has 0 saturated carbocycles. The SMILES string of the molecule is CC(C)=CCC/C(C)=C/CC/C(C)=C/CC/C(C=O)=C/CCC1=CC(=O)O[C@@H]1O. The lowest BCUT2D eigenvalue weighted by atomic mass is 10.0. The van der Waals surface area contributed by atoms with Crippen LogP contribution in [-0.2, 0) is 14.3 Å². The third-order valence-corrected chi connectivity index (χ3v) is 4.89. The van der Waals surface area contributed by atoms with Crippen molar-refractivity contribution in [2.24, 2.45) is 0 Å². The van der Waals surface area contributed by atoms with E-state index >= 15 is 0 Å². The van der Waals surface area contributed by atoms with Gasteiger partial charge in [-0.15, -0.1) is 0 Å². The minimum Gasteiger partial charge on any atom is -0.429 e. The third kappa shape index (κ3) is 11.4. The van der Waals surface area contributed by atoms with Gasteiger partial charge < -0.3 is 9.84 Å². The number of aliphatic hydroxyl groups is 1. The summed E-state index contributed by atoms with van der Waals surface area (Å²) < 4.78 is 4.64. The maximum Gasteiger partial charge on any atom is 0.333 e. The fraction of sp³-hybridized carbons (Fsp3) is 0.520. The average molecular weight is 401 g/mol. The molecule has 0 aromatic rings. The number of allylic oxidation sites excluding steroid dienone is 8. The zero-order valence-electron chi connectivity index (χ0n) is 18.4. The molecule has 0 fully saturated rings. The number of aliphatic hydroxyl groups excluding tert-OH is 1. The summed E-state index contributed by atoms with van der Waals surface area (Å²) in [6, 6.07) is 0. The van der Waals surface area contributed by atoms with Gasteiger partial charge in [0.2, 0.25) is 6.29 Å². The largest absolute Gasteiger partial charge is 0.429 e. The van der Waals surface area contributed by atoms with Crippen LogP contribution in [0.2, 0.25) is 0 Å². The van der Waals surface area contributed by atoms with Crippen LogP contribution in [0.15, 0.2) is 58.2 Å². The molecule has 29 heavy (non-hydrogen) atoms. The lowest BCUT2D eigenvalue weighted by molar-refractivity contribution is -0.151. The molecule has 1 rings (SSSR count). The van der Waals surface area contributed by atoms with Crippen molar-refractivity contribution in [2.75, 3.05) is 0 Å². The summed E-state index contributed by atoms with van der Waals surface area (Å²) >= 11 is 0. The van der Waals surface area contributed by atoms with Crippen molar-refractivity contribution in [1.82, 2.24) is 0 Å². The highest BCUT2D eigenvalue weighted by molar-refractivity contribution is 5.85. The van der Waals surface area contributed by atoms with E-state index in [0.717, 1.165) is 44.0 Å². The van der Waals surface area contributed by atoms with E-state index in [1.165, 1.54) is 22.8 Å². The van der Waals surface area contributed by atoms with Crippen LogP contribution >= 0.6 is 0 Å². The molecule has 1 N–H and O–H groups in total. The number of hydrogen-bond donors (Lipinski definition) is 1. The van der Waals surface area contributed by atoms with Crippen molar-refractivity contribution in [3.05, 3.63) is 58.2 Å². The number of aldehydes is 1. The zero-order chi connectivity index (χ0) is 21.6. The highest BCUT2D eigenvalue weighted by Crippen LogP contribution is 2.19. The van der Waals surface area contributed by atoms with E-state index in [9.17, 15) is 14.7 Å². The standard InChI is InChI=1S/C25H36O4/c1-19(2)9-5-10-20(3)11-6-12-21(4)13-7-14-22(18-26)15-8-16-23-17-24(27)29-25(23)28/h9,11,13,15,17-18,25,28H,5-8,10,12,14,16H2,1-4H3/b20-11+,21-13+,22-15-/t25-/m0/s1. The van der Waals surface area contributed by atoms with Crippen LogP contribution in [0.3, 0.4) is 0 Å². The first-order valence-electron chi connectivity index (χ1n) is 10.5. The maximum atomic E-state index is 11.3. The van der Waals surface area contributed by atoms with Crippen molar-refractivity contribution in [3.63, 3.8) is 0 Å². The average Bonchev–Trinajstić information content (AvgIpc) is 2.97. The van der Waals surface area contributed by atoms with Crippen molar-refractivity contribution >= 4 is 12.3 Å². The zero-order valence-corrected chi connectivity index (χ0v) is 18.4. The van der Waals surface area contributed by atoms with Gasteiger partial charge in [0.1, 0.15) is 6.29 Å². The number of carbonyl (C=O) groups is 2. The summed E-state index contributed by atoms with van der Waals surface area (Å²) in [5.41, 5.74) is 5.48. The Bertz CT molecular complexity index is 700. The fourth-order valence-electron chi connectivity index (χ4n) is 3.10. The second-order valence-corrected chi connectivity index (χ2v) is 7.94. The van der Waals surface area contributed by atoms with Gasteiger partial charge in [-0.2, -0.15) is 0 Å². The Kier molecular flexibility index (Phi) is 11.9. The lowest BCUT2D eigenvalue weighted by Gasteiger charge is -2.06. The minimum absolute atomic E-state index is 0.509. The van der Waals surface area contributed by atoms with Gasteiger partial charge in [-0.1, -0.05) is 41.0 Å². The van der Waals surface area contributed by atoms with Crippen LogP contribution in [-0.4, -0.2) is 23.7 Å². The van der Waals surface area contributed by atoms with Gasteiger partial charge >= 0.3 is 5.97 Å². The minimum atomic E-state index is -1.13. The van der Waals surface area contributed by atoms with Gasteiger partial charge in [-0.3, -0.25) is 4.79 Å². The molecule has 1 atom stereocenters. The number of hydrogen-bond acceptors (Lipinski definition) is 4. The van der Waals surface area contributed by atoms with E-state index in [0.29, 0.717) is 24.8 Å². The van der Waals surface area contributed by atoms with Crippen LogP contribution in [0.1, 0.15) is 79.1 Å². The summed E-state index contributed by atoms with van der Waals surface area (Å²) in [5.74, 6) is -0.509. The van der Waals surface area contributed by atoms with Gasteiger partial charge in [0.15, 0.2) is 0 Å². The molecule has 0 spiro atoms. The normalized spacial score (nSPS) is 17.8. The van der Waals surface area contributed by atoms with Crippen LogP contribution < -0.4 is 0 Å². The fourth-order valence-corrected chi connectivity index (χ4v) is 3.10. The summed E-state index contributed by atoms with van der Waals surface area (Å²) in [6.07, 6.45) is 16.8. The number of rotatable bonds is 13. The van der Waals surface area contributed by atoms with Gasteiger partial charge in [-0.25, -0.2) is 4.79 Å². The Hall–Kier alpha value is -2.20. The molecule has 0 bridgehead atoms. The van der Waals surface area contributed by atoms with Crippen molar-refractivity contribution in [3.8, 4) is 0 Å². The second kappa shape index (κ2) is 13.9. The molecule has 1 aliphatic rings. The highest BCUT2D eigenvalue weighted by atomic mass is 16.6. The molecule has 0 saturated heterocycles. The van der Waals surface area contributed by atoms with E-state index < -0.39 is 12.3 Å². The maximum absolute atomic E-state index is 11.3. The highest BCUT2D eigenvalue weighted by Gasteiger charge is 2.22. The van der Waals surface area contributed by atoms with Crippen molar-refractivity contribution in [1.29, 1.82) is 0 Å². The molecule has 1 heterocycles. The molecule has 160 valence electrons. The number of esters is 1. The summed E-state index contributed by atoms with van der Waals surface area (Å²) in [7, 11) is 0. The predicted molar refractivity (Wildman–Crippen MR) is 118 cm³/mol. The van der Waals surface area contributed by atoms with Crippen LogP contribution in [0.25, 0.3) is 0 Å². The molecule has 0 aromatic heterocycles. The smallest absolute Gasteiger partial charge is 0.333 e. The van der Waals surface area contributed by atoms with Crippen LogP contribution in [0.5, 0.6) is 0 Å². The van der Waals surface area contributed by atoms with Gasteiger partial charge in [0, 0.05) is 11.6 Å². The molecular formula is C25H36O4. The summed E-state index contributed by atoms with van der Waals surface area (Å²) in [5, 5.41) is 9.54. The van der Waals surface area contributed by atoms with E-state index in [-0.39, 0.29) is 0 Å². The number of carbonyl (C=O) groups excluding carboxylic acids is 2. The molecule has 0 unspecified atom stereocenters. The molecule has 0 aliphatic carbocycles. The third-order valence-electron chi connectivity index (χ3n) is 4.89. The quantitative estimate of drug-likeness (QED) is 0.181. The Morgan fingerprint density at radius 1 is 0.931 bits per heavy atom. The first kappa shape index (κ1) is 24.8. The van der Waals surface area contributed by atoms with E-state index in [4.69, 9.17) is 0 Å². The molecule has 4 heteroatoms. The van der Waals surface area contributed by atoms with E-state index in [1.54, 1.807) is 0 Å². The second-order valence-electron chi connectivity index (χ2n) is 7.94. The van der Waals surface area contributed by atoms with Gasteiger partial charge in [-0.05, 0) is 84.6 Å². The molecule has 0 amide bonds. The Morgan fingerprint density at radius 2 is 1.52 bits per heavy atom. The summed E-state index contributed by atoms with van der Waals surface area (Å²) in [4.78, 5) is 22.3. The first-order valence-corrected chi connectivity index (χ1v) is 10.5. The van der Waals surface area contributed by atoms with Crippen LogP contribution in [0, 0.1) is 0 Å². The Morgan fingerprint density at radius 3 is 2.03 bits per heavy atom.